The summed E-state index contributed by atoms with van der Waals surface area (Å²) in [6.45, 7) is 1.82. The van der Waals surface area contributed by atoms with Crippen molar-refractivity contribution in [3.8, 4) is 5.75 Å². The van der Waals surface area contributed by atoms with Gasteiger partial charge in [-0.2, -0.15) is 0 Å². The van der Waals surface area contributed by atoms with E-state index < -0.39 is 0 Å². The molecule has 2 aliphatic heterocycles. The third-order valence-electron chi connectivity index (χ3n) is 5.16. The number of likely N-dealkylation sites (N-methyl/N-ethyl adjacent to an activating group) is 1. The fourth-order valence-corrected chi connectivity index (χ4v) is 3.99. The van der Waals surface area contributed by atoms with Gasteiger partial charge in [0, 0.05) is 18.7 Å². The molecule has 144 valence electrons. The second-order valence-electron chi connectivity index (χ2n) is 7.00. The van der Waals surface area contributed by atoms with Crippen LogP contribution >= 0.6 is 23.2 Å². The summed E-state index contributed by atoms with van der Waals surface area (Å²) in [7, 11) is 3.72. The highest BCUT2D eigenvalue weighted by atomic mass is 35.5. The minimum Gasteiger partial charge on any atom is -0.497 e. The zero-order valence-electron chi connectivity index (χ0n) is 15.7. The Morgan fingerprint density at radius 1 is 1.21 bits per heavy atom. The van der Waals surface area contributed by atoms with Gasteiger partial charge in [0.15, 0.2) is 0 Å². The first-order chi connectivity index (χ1) is 13.5. The largest absolute Gasteiger partial charge is 0.497 e. The Morgan fingerprint density at radius 2 is 1.96 bits per heavy atom. The van der Waals surface area contributed by atoms with Gasteiger partial charge in [0.1, 0.15) is 5.75 Å². The molecule has 0 fully saturated rings. The first-order valence-electron chi connectivity index (χ1n) is 9.05. The van der Waals surface area contributed by atoms with Crippen molar-refractivity contribution < 1.29 is 9.53 Å². The molecule has 2 heterocycles. The molecule has 4 rings (SSSR count). The van der Waals surface area contributed by atoms with Crippen LogP contribution in [0.25, 0.3) is 17.2 Å². The van der Waals surface area contributed by atoms with E-state index in [2.05, 4.69) is 23.3 Å². The summed E-state index contributed by atoms with van der Waals surface area (Å²) in [6.07, 6.45) is 4.96. The van der Waals surface area contributed by atoms with Crippen molar-refractivity contribution in [1.29, 1.82) is 0 Å². The van der Waals surface area contributed by atoms with Gasteiger partial charge in [-0.3, -0.25) is 4.79 Å². The minimum atomic E-state index is -0.176. The number of rotatable bonds is 3. The Balaban J connectivity index is 1.86. The second kappa shape index (κ2) is 7.63. The number of methoxy groups -OCH3 is 1. The fraction of sp³-hybridized carbons (Fsp3) is 0.227. The number of halogens is 2. The number of anilines is 1. The molecular weight excluding hydrogens is 395 g/mol. The molecule has 0 bridgehead atoms. The lowest BCUT2D eigenvalue weighted by Gasteiger charge is -2.23. The van der Waals surface area contributed by atoms with E-state index in [4.69, 9.17) is 27.9 Å². The van der Waals surface area contributed by atoms with E-state index in [0.717, 1.165) is 42.0 Å². The molecule has 0 saturated carbocycles. The lowest BCUT2D eigenvalue weighted by molar-refractivity contribution is -0.110. The molecule has 2 aliphatic rings. The first-order valence-corrected chi connectivity index (χ1v) is 9.81. The monoisotopic (exact) mass is 414 g/mol. The number of nitrogens with zero attached hydrogens (tertiary/aromatic N) is 1. The number of carbonyl (C=O) groups excluding carboxylic acids is 1. The molecule has 0 aliphatic carbocycles. The SMILES string of the molecule is COc1ccc(/C=C2\C(=O)Nc3c(Cl)c(Cl)cc(C4=CCN(C)CC4)c32)cc1. The second-order valence-corrected chi connectivity index (χ2v) is 7.78. The van der Waals surface area contributed by atoms with Crippen LogP contribution in [-0.2, 0) is 4.79 Å². The Labute approximate surface area is 174 Å². The Bertz CT molecular complexity index is 1010. The average Bonchev–Trinajstić information content (AvgIpc) is 3.02. The molecule has 28 heavy (non-hydrogen) atoms. The van der Waals surface area contributed by atoms with E-state index in [1.807, 2.05) is 36.4 Å². The summed E-state index contributed by atoms with van der Waals surface area (Å²) in [6, 6.07) is 9.46. The zero-order chi connectivity index (χ0) is 19.8. The lowest BCUT2D eigenvalue weighted by Crippen LogP contribution is -2.23. The van der Waals surface area contributed by atoms with E-state index in [1.165, 1.54) is 5.57 Å². The summed E-state index contributed by atoms with van der Waals surface area (Å²) in [5, 5.41) is 3.72. The Kier molecular flexibility index (Phi) is 5.19. The van der Waals surface area contributed by atoms with Gasteiger partial charge in [-0.25, -0.2) is 0 Å². The molecule has 6 heteroatoms. The van der Waals surface area contributed by atoms with Crippen molar-refractivity contribution in [2.45, 2.75) is 6.42 Å². The third kappa shape index (κ3) is 3.44. The maximum atomic E-state index is 12.8. The average molecular weight is 415 g/mol. The zero-order valence-corrected chi connectivity index (χ0v) is 17.2. The van der Waals surface area contributed by atoms with Crippen LogP contribution in [0.15, 0.2) is 36.4 Å². The van der Waals surface area contributed by atoms with Gasteiger partial charge >= 0.3 is 0 Å². The molecule has 0 aromatic heterocycles. The maximum Gasteiger partial charge on any atom is 0.256 e. The summed E-state index contributed by atoms with van der Waals surface area (Å²) in [5.74, 6) is 0.593. The molecule has 2 aromatic carbocycles. The molecule has 0 radical (unpaired) electrons. The molecule has 1 N–H and O–H groups in total. The minimum absolute atomic E-state index is 0.176. The molecule has 1 amide bonds. The predicted octanol–water partition coefficient (Wildman–Crippen LogP) is 5.21. The first kappa shape index (κ1) is 19.1. The van der Waals surface area contributed by atoms with Gasteiger partial charge in [0.05, 0.1) is 28.4 Å². The highest BCUT2D eigenvalue weighted by molar-refractivity contribution is 6.47. The maximum absolute atomic E-state index is 12.8. The summed E-state index contributed by atoms with van der Waals surface area (Å²) >= 11 is 12.8. The highest BCUT2D eigenvalue weighted by Gasteiger charge is 2.31. The molecule has 0 spiro atoms. The van der Waals surface area contributed by atoms with Crippen LogP contribution in [0.1, 0.15) is 23.1 Å². The van der Waals surface area contributed by atoms with Gasteiger partial charge in [-0.15, -0.1) is 0 Å². The van der Waals surface area contributed by atoms with E-state index in [9.17, 15) is 4.79 Å². The summed E-state index contributed by atoms with van der Waals surface area (Å²) < 4.78 is 5.21. The normalized spacial score (nSPS) is 18.1. The molecule has 0 atom stereocenters. The highest BCUT2D eigenvalue weighted by Crippen LogP contribution is 2.46. The topological polar surface area (TPSA) is 41.6 Å². The van der Waals surface area contributed by atoms with E-state index >= 15 is 0 Å². The standard InChI is InChI=1S/C22H20Cl2N2O2/c1-26-9-7-14(8-10-26)16-12-18(23)20(24)21-19(16)17(22(27)25-21)11-13-3-5-15(28-2)6-4-13/h3-7,11-12H,8-10H2,1-2H3,(H,25,27)/b17-11-. The number of amides is 1. The lowest BCUT2D eigenvalue weighted by atomic mass is 9.90. The van der Waals surface area contributed by atoms with Gasteiger partial charge in [0.2, 0.25) is 0 Å². The van der Waals surface area contributed by atoms with Gasteiger partial charge in [-0.1, -0.05) is 41.4 Å². The van der Waals surface area contributed by atoms with Crippen LogP contribution in [0.3, 0.4) is 0 Å². The number of ether oxygens (including phenoxy) is 1. The predicted molar refractivity (Wildman–Crippen MR) is 116 cm³/mol. The van der Waals surface area contributed by atoms with Crippen molar-refractivity contribution in [2.24, 2.45) is 0 Å². The number of benzene rings is 2. The number of nitrogens with one attached hydrogen (secondary N) is 1. The number of carbonyl (C=O) groups is 1. The molecule has 0 saturated heterocycles. The number of fused-ring (bicyclic) bond motifs is 1. The van der Waals surface area contributed by atoms with Crippen LogP contribution in [0.2, 0.25) is 10.0 Å². The fourth-order valence-electron chi connectivity index (χ4n) is 3.59. The number of hydrogen-bond acceptors (Lipinski definition) is 3. The van der Waals surface area contributed by atoms with Crippen LogP contribution in [-0.4, -0.2) is 38.1 Å². The molecular formula is C22H20Cl2N2O2. The smallest absolute Gasteiger partial charge is 0.256 e. The van der Waals surface area contributed by atoms with Crippen molar-refractivity contribution >= 4 is 52.0 Å². The van der Waals surface area contributed by atoms with Crippen LogP contribution < -0.4 is 10.1 Å². The van der Waals surface area contributed by atoms with Crippen molar-refractivity contribution in [3.63, 3.8) is 0 Å². The van der Waals surface area contributed by atoms with Crippen molar-refractivity contribution in [3.05, 3.63) is 63.1 Å². The van der Waals surface area contributed by atoms with Crippen LogP contribution in [0, 0.1) is 0 Å². The molecule has 2 aromatic rings. The van der Waals surface area contributed by atoms with E-state index in [1.54, 1.807) is 7.11 Å². The van der Waals surface area contributed by atoms with Gasteiger partial charge in [-0.05, 0) is 54.4 Å². The summed E-state index contributed by atoms with van der Waals surface area (Å²) in [5.41, 5.74) is 5.07. The van der Waals surface area contributed by atoms with E-state index in [-0.39, 0.29) is 5.91 Å². The molecule has 4 nitrogen and oxygen atoms in total. The van der Waals surface area contributed by atoms with Crippen molar-refractivity contribution in [2.75, 3.05) is 32.6 Å². The van der Waals surface area contributed by atoms with Crippen LogP contribution in [0.4, 0.5) is 5.69 Å². The van der Waals surface area contributed by atoms with Gasteiger partial charge in [0.25, 0.3) is 5.91 Å². The molecule has 0 unspecified atom stereocenters. The quantitative estimate of drug-likeness (QED) is 0.700. The Morgan fingerprint density at radius 3 is 2.61 bits per heavy atom. The van der Waals surface area contributed by atoms with E-state index in [0.29, 0.717) is 21.3 Å². The Hall–Kier alpha value is -2.27. The van der Waals surface area contributed by atoms with Crippen LogP contribution in [0.5, 0.6) is 5.75 Å². The van der Waals surface area contributed by atoms with Gasteiger partial charge < -0.3 is 15.0 Å². The number of hydrogen-bond donors (Lipinski definition) is 1. The third-order valence-corrected chi connectivity index (χ3v) is 5.94. The van der Waals surface area contributed by atoms with Crippen molar-refractivity contribution in [1.82, 2.24) is 4.90 Å². The summed E-state index contributed by atoms with van der Waals surface area (Å²) in [4.78, 5) is 15.0.